The summed E-state index contributed by atoms with van der Waals surface area (Å²) in [4.78, 5) is 12.6. The molecular weight excluding hydrogens is 374 g/mol. The van der Waals surface area contributed by atoms with E-state index < -0.39 is 0 Å². The highest BCUT2D eigenvalue weighted by Gasteiger charge is 2.13. The molecule has 6 heteroatoms. The molecule has 0 saturated heterocycles. The summed E-state index contributed by atoms with van der Waals surface area (Å²) in [6.07, 6.45) is 3.07. The average Bonchev–Trinajstić information content (AvgIpc) is 2.56. The van der Waals surface area contributed by atoms with Crippen LogP contribution in [0.1, 0.15) is 23.0 Å². The van der Waals surface area contributed by atoms with Crippen molar-refractivity contribution in [1.29, 1.82) is 0 Å². The van der Waals surface area contributed by atoms with E-state index in [0.717, 1.165) is 25.3 Å². The summed E-state index contributed by atoms with van der Waals surface area (Å²) >= 11 is 9.99. The van der Waals surface area contributed by atoms with Crippen LogP contribution < -0.4 is 5.32 Å². The van der Waals surface area contributed by atoms with E-state index in [4.69, 9.17) is 0 Å². The van der Waals surface area contributed by atoms with E-state index in [1.807, 2.05) is 13.0 Å². The van der Waals surface area contributed by atoms with Crippen LogP contribution in [0.15, 0.2) is 14.3 Å². The molecule has 1 unspecified atom stereocenters. The third-order valence-corrected chi connectivity index (χ3v) is 5.90. The van der Waals surface area contributed by atoms with Crippen molar-refractivity contribution >= 4 is 60.9 Å². The Labute approximate surface area is 121 Å². The summed E-state index contributed by atoms with van der Waals surface area (Å²) < 4.78 is 1.88. The molecule has 0 aliphatic rings. The second kappa shape index (κ2) is 7.03. The molecule has 1 aromatic heterocycles. The molecule has 0 bridgehead atoms. The number of thioether (sulfide) groups is 1. The topological polar surface area (TPSA) is 29.1 Å². The van der Waals surface area contributed by atoms with Crippen LogP contribution >= 0.6 is 55.0 Å². The molecule has 0 spiro atoms. The van der Waals surface area contributed by atoms with Crippen LogP contribution in [0.2, 0.25) is 0 Å². The normalized spacial score (nSPS) is 12.5. The third kappa shape index (κ3) is 4.39. The van der Waals surface area contributed by atoms with Gasteiger partial charge in [-0.15, -0.1) is 11.3 Å². The minimum atomic E-state index is 0.00463. The summed E-state index contributed by atoms with van der Waals surface area (Å²) in [5.41, 5.74) is 0. The lowest BCUT2D eigenvalue weighted by atomic mass is 10.2. The molecule has 1 atom stereocenters. The molecule has 1 rings (SSSR count). The van der Waals surface area contributed by atoms with Gasteiger partial charge >= 0.3 is 0 Å². The summed E-state index contributed by atoms with van der Waals surface area (Å²) in [6.45, 7) is 2.03. The fourth-order valence-electron chi connectivity index (χ4n) is 1.12. The molecule has 1 amide bonds. The average molecular weight is 387 g/mol. The van der Waals surface area contributed by atoms with Crippen molar-refractivity contribution < 1.29 is 4.79 Å². The maximum atomic E-state index is 11.8. The smallest absolute Gasteiger partial charge is 0.261 e. The second-order valence-corrected chi connectivity index (χ2v) is 7.60. The van der Waals surface area contributed by atoms with Crippen molar-refractivity contribution in [2.75, 3.05) is 12.0 Å². The summed E-state index contributed by atoms with van der Waals surface area (Å²) in [6, 6.07) is 2.06. The van der Waals surface area contributed by atoms with E-state index in [0.29, 0.717) is 0 Å². The number of carbonyl (C=O) groups is 1. The van der Waals surface area contributed by atoms with Gasteiger partial charge in [-0.2, -0.15) is 11.8 Å². The van der Waals surface area contributed by atoms with Crippen molar-refractivity contribution in [2.24, 2.45) is 0 Å². The zero-order valence-corrected chi connectivity index (χ0v) is 13.9. The Kier molecular flexibility index (Phi) is 6.39. The van der Waals surface area contributed by atoms with Gasteiger partial charge in [0.15, 0.2) is 0 Å². The maximum Gasteiger partial charge on any atom is 0.261 e. The van der Waals surface area contributed by atoms with E-state index in [1.54, 1.807) is 11.8 Å². The Balaban J connectivity index is 2.52. The number of amides is 1. The van der Waals surface area contributed by atoms with E-state index in [1.165, 1.54) is 11.3 Å². The van der Waals surface area contributed by atoms with Gasteiger partial charge in [-0.25, -0.2) is 0 Å². The van der Waals surface area contributed by atoms with Gasteiger partial charge in [-0.3, -0.25) is 4.79 Å². The Morgan fingerprint density at radius 2 is 2.31 bits per heavy atom. The molecule has 0 aliphatic heterocycles. The van der Waals surface area contributed by atoms with E-state index in [2.05, 4.69) is 43.4 Å². The summed E-state index contributed by atoms with van der Waals surface area (Å²) in [5.74, 6) is 1.07. The van der Waals surface area contributed by atoms with Crippen LogP contribution in [0.3, 0.4) is 0 Å². The molecule has 90 valence electrons. The number of hydrogen-bond acceptors (Lipinski definition) is 3. The van der Waals surface area contributed by atoms with Crippen molar-refractivity contribution in [3.63, 3.8) is 0 Å². The predicted molar refractivity (Wildman–Crippen MR) is 79.6 cm³/mol. The first kappa shape index (κ1) is 14.5. The van der Waals surface area contributed by atoms with Crippen LogP contribution in [-0.4, -0.2) is 24.0 Å². The Morgan fingerprint density at radius 1 is 1.62 bits per heavy atom. The quantitative estimate of drug-likeness (QED) is 0.823. The largest absolute Gasteiger partial charge is 0.349 e. The summed E-state index contributed by atoms with van der Waals surface area (Å²) in [7, 11) is 0. The zero-order valence-electron chi connectivity index (χ0n) is 9.05. The van der Waals surface area contributed by atoms with E-state index >= 15 is 0 Å². The van der Waals surface area contributed by atoms with Crippen LogP contribution in [0.5, 0.6) is 0 Å². The lowest BCUT2D eigenvalue weighted by molar-refractivity contribution is 0.0943. The molecule has 0 radical (unpaired) electrons. The summed E-state index contributed by atoms with van der Waals surface area (Å²) in [5, 5.41) is 2.99. The van der Waals surface area contributed by atoms with Gasteiger partial charge in [0.2, 0.25) is 0 Å². The van der Waals surface area contributed by atoms with Gasteiger partial charge in [0.05, 0.1) is 8.66 Å². The number of hydrogen-bond donors (Lipinski definition) is 1. The zero-order chi connectivity index (χ0) is 12.1. The fraction of sp³-hybridized carbons (Fsp3) is 0.500. The molecule has 0 aliphatic carbocycles. The van der Waals surface area contributed by atoms with Gasteiger partial charge in [-0.05, 0) is 63.3 Å². The molecular formula is C10H13Br2NOS2. The second-order valence-electron chi connectivity index (χ2n) is 3.39. The standard InChI is InChI=1S/C10H13Br2NOS2/c1-6(3-4-15-2)13-10(14)8-5-7(11)9(12)16-8/h5-6H,3-4H2,1-2H3,(H,13,14). The Bertz CT molecular complexity index is 348. The highest BCUT2D eigenvalue weighted by atomic mass is 79.9. The van der Waals surface area contributed by atoms with Gasteiger partial charge in [0.1, 0.15) is 0 Å². The SMILES string of the molecule is CSCCC(C)NC(=O)c1cc(Br)c(Br)s1. The molecule has 0 aromatic carbocycles. The van der Waals surface area contributed by atoms with Crippen molar-refractivity contribution in [3.8, 4) is 0 Å². The third-order valence-electron chi connectivity index (χ3n) is 2.00. The lowest BCUT2D eigenvalue weighted by Gasteiger charge is -2.11. The van der Waals surface area contributed by atoms with Crippen LogP contribution in [0.25, 0.3) is 0 Å². The fourth-order valence-corrected chi connectivity index (χ4v) is 3.65. The first-order valence-corrected chi connectivity index (χ1v) is 8.59. The van der Waals surface area contributed by atoms with Crippen molar-refractivity contribution in [1.82, 2.24) is 5.32 Å². The van der Waals surface area contributed by atoms with Crippen molar-refractivity contribution in [2.45, 2.75) is 19.4 Å². The monoisotopic (exact) mass is 385 g/mol. The first-order chi connectivity index (χ1) is 7.54. The van der Waals surface area contributed by atoms with Gasteiger partial charge < -0.3 is 5.32 Å². The van der Waals surface area contributed by atoms with Crippen LogP contribution in [0, 0.1) is 0 Å². The van der Waals surface area contributed by atoms with E-state index in [-0.39, 0.29) is 11.9 Å². The maximum absolute atomic E-state index is 11.8. The Hall–Kier alpha value is 0.480. The molecule has 0 saturated carbocycles. The number of rotatable bonds is 5. The molecule has 1 N–H and O–H groups in total. The predicted octanol–water partition coefficient (Wildman–Crippen LogP) is 4.14. The molecule has 1 aromatic rings. The number of carbonyl (C=O) groups excluding carboxylic acids is 1. The van der Waals surface area contributed by atoms with Gasteiger partial charge in [0, 0.05) is 10.5 Å². The Morgan fingerprint density at radius 3 is 2.81 bits per heavy atom. The number of nitrogens with one attached hydrogen (secondary N) is 1. The van der Waals surface area contributed by atoms with Crippen LogP contribution in [-0.2, 0) is 0 Å². The highest BCUT2D eigenvalue weighted by molar-refractivity contribution is 9.13. The molecule has 0 fully saturated rings. The highest BCUT2D eigenvalue weighted by Crippen LogP contribution is 2.32. The van der Waals surface area contributed by atoms with Crippen LogP contribution in [0.4, 0.5) is 0 Å². The van der Waals surface area contributed by atoms with Gasteiger partial charge in [0.25, 0.3) is 5.91 Å². The lowest BCUT2D eigenvalue weighted by Crippen LogP contribution is -2.32. The number of thiophene rings is 1. The molecule has 2 nitrogen and oxygen atoms in total. The molecule has 16 heavy (non-hydrogen) atoms. The first-order valence-electron chi connectivity index (χ1n) is 4.79. The minimum absolute atomic E-state index is 0.00463. The van der Waals surface area contributed by atoms with E-state index in [9.17, 15) is 4.79 Å². The number of halogens is 2. The van der Waals surface area contributed by atoms with Gasteiger partial charge in [-0.1, -0.05) is 0 Å². The van der Waals surface area contributed by atoms with Crippen molar-refractivity contribution in [3.05, 3.63) is 19.2 Å². The molecule has 1 heterocycles. The minimum Gasteiger partial charge on any atom is -0.349 e.